The van der Waals surface area contributed by atoms with Crippen molar-refractivity contribution in [3.05, 3.63) is 0 Å². The fourth-order valence-corrected chi connectivity index (χ4v) is 0.598. The molecule has 0 aromatic rings. The van der Waals surface area contributed by atoms with Gasteiger partial charge in [-0.05, 0) is 13.8 Å². The number of nitrogens with one attached hydrogen (secondary N) is 1. The van der Waals surface area contributed by atoms with Gasteiger partial charge in [-0.2, -0.15) is 0 Å². The molecule has 0 aromatic carbocycles. The van der Waals surface area contributed by atoms with Crippen molar-refractivity contribution in [3.8, 4) is 0 Å². The van der Waals surface area contributed by atoms with Gasteiger partial charge in [-0.3, -0.25) is 0 Å². The van der Waals surface area contributed by atoms with Gasteiger partial charge in [-0.25, -0.2) is 4.79 Å². The van der Waals surface area contributed by atoms with Crippen LogP contribution < -0.4 is 5.32 Å². The molecule has 5 heteroatoms. The third-order valence-corrected chi connectivity index (χ3v) is 3.44. The quantitative estimate of drug-likeness (QED) is 0.792. The molecule has 0 aliphatic rings. The molecule has 0 aliphatic heterocycles. The van der Waals surface area contributed by atoms with E-state index in [1.165, 1.54) is 7.11 Å². The number of carbonyl (C=O) groups is 1. The molecule has 0 aromatic heterocycles. The second-order valence-electron chi connectivity index (χ2n) is 2.64. The second-order valence-corrected chi connectivity index (χ2v) is 5.70. The van der Waals surface area contributed by atoms with E-state index in [2.05, 4.69) is 41.9 Å². The molecular formula is C6H11Br2NO2. The van der Waals surface area contributed by atoms with Crippen molar-refractivity contribution < 1.29 is 9.53 Å². The van der Waals surface area contributed by atoms with Gasteiger partial charge in [0, 0.05) is 0 Å². The number of alkyl carbamates (subject to hydrolysis) is 1. The van der Waals surface area contributed by atoms with Crippen molar-refractivity contribution in [1.82, 2.24) is 5.32 Å². The number of alkyl halides is 2. The van der Waals surface area contributed by atoms with E-state index in [0.717, 1.165) is 0 Å². The van der Waals surface area contributed by atoms with Gasteiger partial charge in [0.15, 0.2) is 0 Å². The van der Waals surface area contributed by atoms with Crippen LogP contribution in [0, 0.1) is 0 Å². The molecule has 0 saturated carbocycles. The summed E-state index contributed by atoms with van der Waals surface area (Å²) in [5, 5.41) is 2.65. The average Bonchev–Trinajstić information content (AvgIpc) is 1.86. The summed E-state index contributed by atoms with van der Waals surface area (Å²) in [5.41, 5.74) is -0.368. The minimum atomic E-state index is -0.432. The van der Waals surface area contributed by atoms with Gasteiger partial charge in [0.05, 0.1) is 16.4 Å². The first-order chi connectivity index (χ1) is 4.90. The molecule has 0 atom stereocenters. The highest BCUT2D eigenvalue weighted by atomic mass is 79.9. The smallest absolute Gasteiger partial charge is 0.407 e. The summed E-state index contributed by atoms with van der Waals surface area (Å²) in [5.74, 6) is 0. The van der Waals surface area contributed by atoms with Crippen LogP contribution in [0.15, 0.2) is 0 Å². The molecule has 0 saturated heterocycles. The van der Waals surface area contributed by atoms with Crippen LogP contribution in [0.3, 0.4) is 0 Å². The molecule has 0 fully saturated rings. The van der Waals surface area contributed by atoms with Gasteiger partial charge in [0.25, 0.3) is 0 Å². The third kappa shape index (κ3) is 3.96. The largest absolute Gasteiger partial charge is 0.453 e. The van der Waals surface area contributed by atoms with Crippen LogP contribution >= 0.6 is 31.9 Å². The Balaban J connectivity index is 4.01. The van der Waals surface area contributed by atoms with E-state index < -0.39 is 6.09 Å². The van der Waals surface area contributed by atoms with Crippen molar-refractivity contribution in [2.45, 2.75) is 23.1 Å². The molecule has 0 aliphatic carbocycles. The van der Waals surface area contributed by atoms with Crippen molar-refractivity contribution in [3.63, 3.8) is 0 Å². The fourth-order valence-electron chi connectivity index (χ4n) is 0.369. The minimum absolute atomic E-state index is 0.0154. The van der Waals surface area contributed by atoms with Crippen LogP contribution in [0.1, 0.15) is 13.8 Å². The van der Waals surface area contributed by atoms with Gasteiger partial charge in [-0.1, -0.05) is 31.9 Å². The van der Waals surface area contributed by atoms with Crippen LogP contribution in [0.2, 0.25) is 0 Å². The molecule has 66 valence electrons. The normalized spacial score (nSPS) is 11.5. The van der Waals surface area contributed by atoms with E-state index in [-0.39, 0.29) is 9.28 Å². The van der Waals surface area contributed by atoms with E-state index in [1.807, 2.05) is 13.8 Å². The van der Waals surface area contributed by atoms with Gasteiger partial charge < -0.3 is 10.1 Å². The van der Waals surface area contributed by atoms with Crippen molar-refractivity contribution >= 4 is 38.0 Å². The van der Waals surface area contributed by atoms with Crippen LogP contribution in [0.25, 0.3) is 0 Å². The first kappa shape index (κ1) is 11.2. The molecule has 1 N–H and O–H groups in total. The number of halogens is 2. The zero-order valence-electron chi connectivity index (χ0n) is 6.65. The maximum Gasteiger partial charge on any atom is 0.407 e. The predicted molar refractivity (Wildman–Crippen MR) is 51.3 cm³/mol. The van der Waals surface area contributed by atoms with Gasteiger partial charge in [0.1, 0.15) is 0 Å². The molecule has 0 heterocycles. The lowest BCUT2D eigenvalue weighted by molar-refractivity contribution is 0.161. The van der Waals surface area contributed by atoms with E-state index in [1.54, 1.807) is 0 Å². The summed E-state index contributed by atoms with van der Waals surface area (Å²) in [6.07, 6.45) is -0.432. The Kier molecular flexibility index (Phi) is 4.39. The minimum Gasteiger partial charge on any atom is -0.453 e. The van der Waals surface area contributed by atoms with Gasteiger partial charge in [-0.15, -0.1) is 0 Å². The Hall–Kier alpha value is 0.230. The van der Waals surface area contributed by atoms with Crippen LogP contribution in [-0.4, -0.2) is 22.5 Å². The van der Waals surface area contributed by atoms with Crippen LogP contribution in [-0.2, 0) is 4.74 Å². The number of rotatable bonds is 2. The maximum atomic E-state index is 10.8. The third-order valence-electron chi connectivity index (χ3n) is 1.16. The monoisotopic (exact) mass is 287 g/mol. The number of methoxy groups -OCH3 is 1. The zero-order valence-corrected chi connectivity index (χ0v) is 9.82. The maximum absolute atomic E-state index is 10.8. The SMILES string of the molecule is COC(=O)NC(C)(C)C(Br)Br. The highest BCUT2D eigenvalue weighted by Gasteiger charge is 2.27. The number of carbonyl (C=O) groups excluding carboxylic acids is 1. The van der Waals surface area contributed by atoms with Crippen molar-refractivity contribution in [1.29, 1.82) is 0 Å². The Morgan fingerprint density at radius 3 is 2.27 bits per heavy atom. The lowest BCUT2D eigenvalue weighted by Gasteiger charge is -2.26. The van der Waals surface area contributed by atoms with Gasteiger partial charge in [0.2, 0.25) is 0 Å². The first-order valence-electron chi connectivity index (χ1n) is 3.04. The molecular weight excluding hydrogens is 278 g/mol. The lowest BCUT2D eigenvalue weighted by atomic mass is 10.1. The lowest BCUT2D eigenvalue weighted by Crippen LogP contribution is -2.47. The van der Waals surface area contributed by atoms with Crippen molar-refractivity contribution in [2.75, 3.05) is 7.11 Å². The first-order valence-corrected chi connectivity index (χ1v) is 4.87. The highest BCUT2D eigenvalue weighted by molar-refractivity contribution is 9.24. The highest BCUT2D eigenvalue weighted by Crippen LogP contribution is 2.22. The number of ether oxygens (including phenoxy) is 1. The second kappa shape index (κ2) is 4.30. The number of amides is 1. The van der Waals surface area contributed by atoms with E-state index >= 15 is 0 Å². The van der Waals surface area contributed by atoms with Crippen molar-refractivity contribution in [2.24, 2.45) is 0 Å². The molecule has 0 spiro atoms. The summed E-state index contributed by atoms with van der Waals surface area (Å²) in [6, 6.07) is 0. The topological polar surface area (TPSA) is 38.3 Å². The fraction of sp³-hybridized carbons (Fsp3) is 0.833. The molecule has 1 amide bonds. The summed E-state index contributed by atoms with van der Waals surface area (Å²) < 4.78 is 4.46. The Bertz CT molecular complexity index is 148. The Labute approximate surface area is 83.1 Å². The molecule has 3 nitrogen and oxygen atoms in total. The van der Waals surface area contributed by atoms with E-state index in [4.69, 9.17) is 0 Å². The van der Waals surface area contributed by atoms with Crippen LogP contribution in [0.4, 0.5) is 4.79 Å². The summed E-state index contributed by atoms with van der Waals surface area (Å²) >= 11 is 6.60. The zero-order chi connectivity index (χ0) is 9.07. The molecule has 0 unspecified atom stereocenters. The average molecular weight is 289 g/mol. The van der Waals surface area contributed by atoms with E-state index in [9.17, 15) is 4.79 Å². The summed E-state index contributed by atoms with van der Waals surface area (Å²) in [4.78, 5) is 10.8. The van der Waals surface area contributed by atoms with Crippen LogP contribution in [0.5, 0.6) is 0 Å². The number of hydrogen-bond acceptors (Lipinski definition) is 2. The summed E-state index contributed by atoms with van der Waals surface area (Å²) in [7, 11) is 1.34. The Morgan fingerprint density at radius 1 is 1.55 bits per heavy atom. The molecule has 0 radical (unpaired) electrons. The Morgan fingerprint density at radius 2 is 2.00 bits per heavy atom. The molecule has 0 bridgehead atoms. The molecule has 0 rings (SSSR count). The van der Waals surface area contributed by atoms with E-state index in [0.29, 0.717) is 0 Å². The standard InChI is InChI=1S/C6H11Br2NO2/c1-6(2,4(7)8)9-5(10)11-3/h4H,1-3H3,(H,9,10). The molecule has 11 heavy (non-hydrogen) atoms. The predicted octanol–water partition coefficient (Wildman–Crippen LogP) is 2.24. The van der Waals surface area contributed by atoms with Gasteiger partial charge >= 0.3 is 6.09 Å². The number of hydrogen-bond donors (Lipinski definition) is 1. The summed E-state index contributed by atoms with van der Waals surface area (Å²) in [6.45, 7) is 3.75.